The molecule has 6 heteroatoms. The Labute approximate surface area is 134 Å². The lowest BCUT2D eigenvalue weighted by molar-refractivity contribution is 0.567. The van der Waals surface area contributed by atoms with Crippen LogP contribution in [-0.2, 0) is 16.3 Å². The molecule has 0 radical (unpaired) electrons. The lowest BCUT2D eigenvalue weighted by atomic mass is 10.1. The molecular weight excluding hydrogens is 325 g/mol. The number of nitrogens with one attached hydrogen (secondary N) is 1. The summed E-state index contributed by atoms with van der Waals surface area (Å²) in [6.07, 6.45) is 0.609. The van der Waals surface area contributed by atoms with Gasteiger partial charge in [0.15, 0.2) is 9.84 Å². The van der Waals surface area contributed by atoms with E-state index in [1.807, 2.05) is 12.1 Å². The molecule has 116 valence electrons. The molecule has 2 aromatic carbocycles. The maximum absolute atomic E-state index is 13.0. The van der Waals surface area contributed by atoms with Crippen molar-refractivity contribution in [2.75, 3.05) is 12.3 Å². The Kier molecular flexibility index (Phi) is 4.21. The first-order chi connectivity index (χ1) is 10.5. The van der Waals surface area contributed by atoms with Crippen LogP contribution in [0.5, 0.6) is 0 Å². The minimum absolute atomic E-state index is 0.0729. The van der Waals surface area contributed by atoms with Gasteiger partial charge in [-0.1, -0.05) is 35.9 Å². The Hall–Kier alpha value is -1.43. The maximum Gasteiger partial charge on any atom is 0.180 e. The fraction of sp³-hybridized carbons (Fsp3) is 0.250. The third-order valence-corrected chi connectivity index (χ3v) is 5.98. The van der Waals surface area contributed by atoms with Gasteiger partial charge in [0.05, 0.1) is 10.6 Å². The summed E-state index contributed by atoms with van der Waals surface area (Å²) in [6, 6.07) is 11.1. The van der Waals surface area contributed by atoms with E-state index in [2.05, 4.69) is 5.32 Å². The van der Waals surface area contributed by atoms with E-state index in [9.17, 15) is 12.8 Å². The highest BCUT2D eigenvalue weighted by molar-refractivity contribution is 7.91. The van der Waals surface area contributed by atoms with E-state index in [1.165, 1.54) is 12.1 Å². The van der Waals surface area contributed by atoms with E-state index in [-0.39, 0.29) is 17.6 Å². The van der Waals surface area contributed by atoms with Crippen LogP contribution in [0.15, 0.2) is 47.4 Å². The highest BCUT2D eigenvalue weighted by Gasteiger charge is 2.33. The Morgan fingerprint density at radius 3 is 2.77 bits per heavy atom. The fourth-order valence-corrected chi connectivity index (χ4v) is 4.76. The number of hydrogen-bond donors (Lipinski definition) is 1. The molecule has 1 N–H and O–H groups in total. The maximum atomic E-state index is 13.0. The molecule has 0 spiro atoms. The molecule has 1 aliphatic heterocycles. The minimum Gasteiger partial charge on any atom is -0.309 e. The van der Waals surface area contributed by atoms with Gasteiger partial charge in [-0.2, -0.15) is 0 Å². The van der Waals surface area contributed by atoms with Crippen LogP contribution in [0.25, 0.3) is 0 Å². The van der Waals surface area contributed by atoms with Crippen LogP contribution >= 0.6 is 11.6 Å². The first-order valence-electron chi connectivity index (χ1n) is 6.96. The highest BCUT2D eigenvalue weighted by atomic mass is 35.5. The minimum atomic E-state index is -3.20. The van der Waals surface area contributed by atoms with Crippen molar-refractivity contribution in [1.82, 2.24) is 5.32 Å². The molecule has 0 amide bonds. The van der Waals surface area contributed by atoms with Crippen molar-refractivity contribution in [3.8, 4) is 0 Å². The van der Waals surface area contributed by atoms with Crippen LogP contribution < -0.4 is 5.32 Å². The van der Waals surface area contributed by atoms with E-state index >= 15 is 0 Å². The molecule has 2 aromatic rings. The zero-order chi connectivity index (χ0) is 15.7. The van der Waals surface area contributed by atoms with Crippen LogP contribution in [0.4, 0.5) is 4.39 Å². The number of rotatable bonds is 4. The molecule has 1 unspecified atom stereocenters. The standard InChI is InChI=1S/C16H15ClFNO2S/c17-14-9-12(18)6-5-11(14)7-8-19-15-10-22(20,21)16-4-2-1-3-13(15)16/h1-6,9,15,19H,7-8,10H2. The Morgan fingerprint density at radius 1 is 1.23 bits per heavy atom. The van der Waals surface area contributed by atoms with Gasteiger partial charge in [-0.15, -0.1) is 0 Å². The second-order valence-corrected chi connectivity index (χ2v) is 7.72. The van der Waals surface area contributed by atoms with Crippen molar-refractivity contribution in [2.24, 2.45) is 0 Å². The largest absolute Gasteiger partial charge is 0.309 e. The molecular formula is C16H15ClFNO2S. The zero-order valence-corrected chi connectivity index (χ0v) is 13.3. The van der Waals surface area contributed by atoms with Crippen LogP contribution in [0, 0.1) is 5.82 Å². The van der Waals surface area contributed by atoms with Crippen molar-refractivity contribution in [1.29, 1.82) is 0 Å². The highest BCUT2D eigenvalue weighted by Crippen LogP contribution is 2.32. The Balaban J connectivity index is 1.68. The first kappa shape index (κ1) is 15.5. The van der Waals surface area contributed by atoms with Gasteiger partial charge in [0.1, 0.15) is 5.82 Å². The fourth-order valence-electron chi connectivity index (χ4n) is 2.72. The summed E-state index contributed by atoms with van der Waals surface area (Å²) in [5, 5.41) is 3.64. The SMILES string of the molecule is O=S1(=O)CC(NCCc2ccc(F)cc2Cl)c2ccccc21. The molecule has 0 aromatic heterocycles. The average Bonchev–Trinajstić information content (AvgIpc) is 2.73. The second-order valence-electron chi connectivity index (χ2n) is 5.31. The molecule has 0 aliphatic carbocycles. The molecule has 0 fully saturated rings. The summed E-state index contributed by atoms with van der Waals surface area (Å²) < 4.78 is 37.2. The van der Waals surface area contributed by atoms with Crippen molar-refractivity contribution < 1.29 is 12.8 Å². The smallest absolute Gasteiger partial charge is 0.180 e. The van der Waals surface area contributed by atoms with Gasteiger partial charge in [-0.3, -0.25) is 0 Å². The summed E-state index contributed by atoms with van der Waals surface area (Å²) in [6.45, 7) is 0.569. The van der Waals surface area contributed by atoms with E-state index in [0.717, 1.165) is 11.1 Å². The van der Waals surface area contributed by atoms with Crippen molar-refractivity contribution in [3.05, 3.63) is 64.4 Å². The molecule has 22 heavy (non-hydrogen) atoms. The van der Waals surface area contributed by atoms with Crippen molar-refractivity contribution >= 4 is 21.4 Å². The van der Waals surface area contributed by atoms with Crippen molar-refractivity contribution in [3.63, 3.8) is 0 Å². The number of halogens is 2. The molecule has 1 heterocycles. The van der Waals surface area contributed by atoms with E-state index in [4.69, 9.17) is 11.6 Å². The van der Waals surface area contributed by atoms with Crippen molar-refractivity contribution in [2.45, 2.75) is 17.4 Å². The molecule has 1 atom stereocenters. The van der Waals surface area contributed by atoms with Crippen LogP contribution in [0.2, 0.25) is 5.02 Å². The van der Waals surface area contributed by atoms with E-state index in [0.29, 0.717) is 22.9 Å². The van der Waals surface area contributed by atoms with Crippen LogP contribution in [0.1, 0.15) is 17.2 Å². The van der Waals surface area contributed by atoms with Crippen LogP contribution in [-0.4, -0.2) is 20.7 Å². The lowest BCUT2D eigenvalue weighted by Gasteiger charge is -2.13. The summed E-state index contributed by atoms with van der Waals surface area (Å²) in [5.74, 6) is -0.290. The molecule has 3 nitrogen and oxygen atoms in total. The van der Waals surface area contributed by atoms with E-state index < -0.39 is 9.84 Å². The second kappa shape index (κ2) is 5.99. The van der Waals surface area contributed by atoms with Crippen LogP contribution in [0.3, 0.4) is 0 Å². The quantitative estimate of drug-likeness (QED) is 0.930. The molecule has 0 saturated heterocycles. The van der Waals surface area contributed by atoms with Gasteiger partial charge in [-0.05, 0) is 42.3 Å². The Morgan fingerprint density at radius 2 is 2.00 bits per heavy atom. The predicted octanol–water partition coefficient (Wildman–Crippen LogP) is 3.14. The monoisotopic (exact) mass is 339 g/mol. The summed E-state index contributed by atoms with van der Waals surface area (Å²) in [7, 11) is -3.20. The third-order valence-electron chi connectivity index (χ3n) is 3.82. The van der Waals surface area contributed by atoms with Gasteiger partial charge in [0.25, 0.3) is 0 Å². The summed E-state index contributed by atoms with van der Waals surface area (Å²) in [5.41, 5.74) is 1.65. The molecule has 0 saturated carbocycles. The topological polar surface area (TPSA) is 46.2 Å². The molecule has 0 bridgehead atoms. The number of fused-ring (bicyclic) bond motifs is 1. The number of sulfone groups is 1. The Bertz CT molecular complexity index is 808. The third kappa shape index (κ3) is 3.02. The molecule has 3 rings (SSSR count). The number of hydrogen-bond acceptors (Lipinski definition) is 3. The van der Waals surface area contributed by atoms with Gasteiger partial charge in [0, 0.05) is 11.1 Å². The van der Waals surface area contributed by atoms with E-state index in [1.54, 1.807) is 18.2 Å². The number of benzene rings is 2. The summed E-state index contributed by atoms with van der Waals surface area (Å²) in [4.78, 5) is 0.410. The summed E-state index contributed by atoms with van der Waals surface area (Å²) >= 11 is 5.99. The first-order valence-corrected chi connectivity index (χ1v) is 8.99. The predicted molar refractivity (Wildman–Crippen MR) is 84.4 cm³/mol. The van der Waals surface area contributed by atoms with Gasteiger partial charge < -0.3 is 5.32 Å². The van der Waals surface area contributed by atoms with Gasteiger partial charge in [-0.25, -0.2) is 12.8 Å². The normalized spacial score (nSPS) is 19.1. The average molecular weight is 340 g/mol. The van der Waals surface area contributed by atoms with Gasteiger partial charge >= 0.3 is 0 Å². The lowest BCUT2D eigenvalue weighted by Crippen LogP contribution is -2.25. The molecule has 1 aliphatic rings. The zero-order valence-electron chi connectivity index (χ0n) is 11.7. The van der Waals surface area contributed by atoms with Gasteiger partial charge in [0.2, 0.25) is 0 Å².